The molecule has 3 amide bonds. The second kappa shape index (κ2) is 15.0. The minimum atomic E-state index is -0.916. The predicted molar refractivity (Wildman–Crippen MR) is 163 cm³/mol. The summed E-state index contributed by atoms with van der Waals surface area (Å²) >= 11 is 0. The number of nitrogens with one attached hydrogen (secondary N) is 2. The van der Waals surface area contributed by atoms with Crippen molar-refractivity contribution in [1.82, 2.24) is 15.5 Å². The van der Waals surface area contributed by atoms with Gasteiger partial charge in [0.15, 0.2) is 0 Å². The van der Waals surface area contributed by atoms with Crippen molar-refractivity contribution in [2.75, 3.05) is 0 Å². The van der Waals surface area contributed by atoms with Gasteiger partial charge in [0.05, 0.1) is 0 Å². The summed E-state index contributed by atoms with van der Waals surface area (Å²) in [5.74, 6) is -0.483. The topological polar surface area (TPSA) is 87.7 Å². The molecule has 3 rings (SSSR count). The SMILES string of the molecule is CCc1ccc(C(C(=O)NC2CCCCC2)N(C(=O)C(Cc2ccccc2)NC(=O)OC(C)(C)C)C(C)CC)cc1. The number of carbonyl (C=O) groups excluding carboxylic acids is 3. The molecule has 0 saturated heterocycles. The van der Waals surface area contributed by atoms with Crippen LogP contribution >= 0.6 is 0 Å². The summed E-state index contributed by atoms with van der Waals surface area (Å²) in [6.07, 6.45) is 6.40. The molecular weight excluding hydrogens is 514 g/mol. The summed E-state index contributed by atoms with van der Waals surface area (Å²) in [7, 11) is 0. The van der Waals surface area contributed by atoms with E-state index < -0.39 is 23.8 Å². The minimum Gasteiger partial charge on any atom is -0.444 e. The van der Waals surface area contributed by atoms with Crippen LogP contribution < -0.4 is 10.6 Å². The van der Waals surface area contributed by atoms with E-state index in [4.69, 9.17) is 4.74 Å². The quantitative estimate of drug-likeness (QED) is 0.327. The first kappa shape index (κ1) is 32.2. The molecule has 41 heavy (non-hydrogen) atoms. The van der Waals surface area contributed by atoms with Crippen molar-refractivity contribution in [3.63, 3.8) is 0 Å². The number of rotatable bonds is 11. The van der Waals surface area contributed by atoms with Crippen LogP contribution in [0.2, 0.25) is 0 Å². The third kappa shape index (κ3) is 9.61. The molecule has 0 bridgehead atoms. The Labute approximate surface area is 246 Å². The zero-order valence-corrected chi connectivity index (χ0v) is 25.7. The highest BCUT2D eigenvalue weighted by atomic mass is 16.6. The number of hydrogen-bond donors (Lipinski definition) is 2. The number of carbonyl (C=O) groups is 3. The third-order valence-corrected chi connectivity index (χ3v) is 7.77. The molecule has 0 aliphatic heterocycles. The molecule has 2 aromatic rings. The van der Waals surface area contributed by atoms with E-state index in [0.717, 1.165) is 48.8 Å². The van der Waals surface area contributed by atoms with Crippen LogP contribution in [0.5, 0.6) is 0 Å². The van der Waals surface area contributed by atoms with E-state index in [2.05, 4.69) is 17.6 Å². The van der Waals surface area contributed by atoms with E-state index in [0.29, 0.717) is 6.42 Å². The number of nitrogens with zero attached hydrogens (tertiary/aromatic N) is 1. The largest absolute Gasteiger partial charge is 0.444 e. The molecule has 0 heterocycles. The Kier molecular flexibility index (Phi) is 11.8. The highest BCUT2D eigenvalue weighted by molar-refractivity contribution is 5.92. The average molecular weight is 564 g/mol. The van der Waals surface area contributed by atoms with E-state index in [1.807, 2.05) is 68.4 Å². The Morgan fingerprint density at radius 2 is 1.56 bits per heavy atom. The summed E-state index contributed by atoms with van der Waals surface area (Å²) in [5.41, 5.74) is 2.11. The van der Waals surface area contributed by atoms with Crippen molar-refractivity contribution < 1.29 is 19.1 Å². The zero-order valence-electron chi connectivity index (χ0n) is 25.7. The molecule has 3 unspecified atom stereocenters. The number of benzene rings is 2. The van der Waals surface area contributed by atoms with Crippen molar-refractivity contribution >= 4 is 17.9 Å². The Balaban J connectivity index is 2.03. The van der Waals surface area contributed by atoms with Crippen LogP contribution in [0.4, 0.5) is 4.79 Å². The zero-order chi connectivity index (χ0) is 30.0. The van der Waals surface area contributed by atoms with Gasteiger partial charge in [-0.3, -0.25) is 9.59 Å². The van der Waals surface area contributed by atoms with Crippen LogP contribution in [-0.2, 0) is 27.2 Å². The first-order valence-corrected chi connectivity index (χ1v) is 15.3. The Bertz CT molecular complexity index is 1120. The van der Waals surface area contributed by atoms with Gasteiger partial charge in [0.25, 0.3) is 0 Å². The highest BCUT2D eigenvalue weighted by Gasteiger charge is 2.39. The summed E-state index contributed by atoms with van der Waals surface area (Å²) in [4.78, 5) is 43.3. The molecule has 0 radical (unpaired) electrons. The fourth-order valence-corrected chi connectivity index (χ4v) is 5.38. The van der Waals surface area contributed by atoms with Crippen LogP contribution in [0.25, 0.3) is 0 Å². The monoisotopic (exact) mass is 563 g/mol. The molecule has 0 aromatic heterocycles. The third-order valence-electron chi connectivity index (χ3n) is 7.77. The van der Waals surface area contributed by atoms with E-state index in [9.17, 15) is 14.4 Å². The lowest BCUT2D eigenvalue weighted by molar-refractivity contribution is -0.145. The predicted octanol–water partition coefficient (Wildman–Crippen LogP) is 6.50. The van der Waals surface area contributed by atoms with Gasteiger partial charge in [-0.05, 0) is 70.1 Å². The van der Waals surface area contributed by atoms with Gasteiger partial charge in [0.1, 0.15) is 17.7 Å². The second-order valence-corrected chi connectivity index (χ2v) is 12.2. The maximum absolute atomic E-state index is 14.6. The molecule has 1 aliphatic rings. The maximum atomic E-state index is 14.6. The highest BCUT2D eigenvalue weighted by Crippen LogP contribution is 2.28. The van der Waals surface area contributed by atoms with Gasteiger partial charge < -0.3 is 20.3 Å². The molecule has 7 heteroatoms. The van der Waals surface area contributed by atoms with Gasteiger partial charge in [0.2, 0.25) is 11.8 Å². The van der Waals surface area contributed by atoms with Crippen molar-refractivity contribution in [3.8, 4) is 0 Å². The first-order chi connectivity index (χ1) is 19.5. The van der Waals surface area contributed by atoms with Gasteiger partial charge in [-0.2, -0.15) is 0 Å². The number of aryl methyl sites for hydroxylation is 1. The van der Waals surface area contributed by atoms with Crippen LogP contribution in [-0.4, -0.2) is 46.5 Å². The maximum Gasteiger partial charge on any atom is 0.408 e. The first-order valence-electron chi connectivity index (χ1n) is 15.3. The normalized spacial score (nSPS) is 16.2. The number of amides is 3. The van der Waals surface area contributed by atoms with Crippen LogP contribution in [0.3, 0.4) is 0 Å². The fourth-order valence-electron chi connectivity index (χ4n) is 5.38. The van der Waals surface area contributed by atoms with Crippen molar-refractivity contribution in [1.29, 1.82) is 0 Å². The van der Waals surface area contributed by atoms with Gasteiger partial charge in [-0.1, -0.05) is 87.7 Å². The smallest absolute Gasteiger partial charge is 0.408 e. The van der Waals surface area contributed by atoms with Gasteiger partial charge >= 0.3 is 6.09 Å². The lowest BCUT2D eigenvalue weighted by atomic mass is 9.93. The molecule has 0 spiro atoms. The Hall–Kier alpha value is -3.35. The second-order valence-electron chi connectivity index (χ2n) is 12.2. The molecule has 2 aromatic carbocycles. The van der Waals surface area contributed by atoms with Crippen molar-refractivity contribution in [2.45, 2.75) is 123 Å². The van der Waals surface area contributed by atoms with E-state index in [-0.39, 0.29) is 30.3 Å². The Morgan fingerprint density at radius 1 is 0.927 bits per heavy atom. The van der Waals surface area contributed by atoms with Crippen LogP contribution in [0.1, 0.15) is 103 Å². The molecule has 1 fully saturated rings. The molecular formula is C34H49N3O4. The van der Waals surface area contributed by atoms with Gasteiger partial charge in [-0.15, -0.1) is 0 Å². The van der Waals surface area contributed by atoms with Crippen molar-refractivity contribution in [3.05, 3.63) is 71.3 Å². The molecule has 7 nitrogen and oxygen atoms in total. The number of ether oxygens (including phenoxy) is 1. The standard InChI is InChI=1S/C34H49N3O4/c1-7-24(3)37(32(39)29(23-26-15-11-9-12-16-26)36-33(40)41-34(4,5)6)30(27-21-19-25(8-2)20-22-27)31(38)35-28-17-13-10-14-18-28/h9,11-12,15-16,19-22,24,28-30H,7-8,10,13-14,17-18,23H2,1-6H3,(H,35,38)(H,36,40). The summed E-state index contributed by atoms with van der Waals surface area (Å²) < 4.78 is 5.54. The molecule has 2 N–H and O–H groups in total. The van der Waals surface area contributed by atoms with E-state index in [1.165, 1.54) is 6.42 Å². The number of alkyl carbamates (subject to hydrolysis) is 1. The lowest BCUT2D eigenvalue weighted by Gasteiger charge is -2.39. The van der Waals surface area contributed by atoms with Crippen LogP contribution in [0.15, 0.2) is 54.6 Å². The lowest BCUT2D eigenvalue weighted by Crippen LogP contribution is -2.56. The summed E-state index contributed by atoms with van der Waals surface area (Å²) in [5, 5.41) is 6.12. The van der Waals surface area contributed by atoms with E-state index in [1.54, 1.807) is 25.7 Å². The Morgan fingerprint density at radius 3 is 2.12 bits per heavy atom. The van der Waals surface area contributed by atoms with Gasteiger partial charge in [0, 0.05) is 18.5 Å². The molecule has 3 atom stereocenters. The van der Waals surface area contributed by atoms with Crippen LogP contribution in [0, 0.1) is 0 Å². The fraction of sp³-hybridized carbons (Fsp3) is 0.559. The average Bonchev–Trinajstić information content (AvgIpc) is 2.95. The van der Waals surface area contributed by atoms with Crippen molar-refractivity contribution in [2.24, 2.45) is 0 Å². The molecule has 224 valence electrons. The number of hydrogen-bond acceptors (Lipinski definition) is 4. The van der Waals surface area contributed by atoms with E-state index >= 15 is 0 Å². The molecule has 1 saturated carbocycles. The summed E-state index contributed by atoms with van der Waals surface area (Å²) in [6, 6.07) is 15.7. The summed E-state index contributed by atoms with van der Waals surface area (Å²) in [6.45, 7) is 11.4. The molecule has 1 aliphatic carbocycles. The minimum absolute atomic E-state index is 0.0996. The van der Waals surface area contributed by atoms with Gasteiger partial charge in [-0.25, -0.2) is 4.79 Å².